The van der Waals surface area contributed by atoms with Crippen LogP contribution in [-0.4, -0.2) is 80.2 Å². The van der Waals surface area contributed by atoms with Gasteiger partial charge in [0.2, 0.25) is 5.91 Å². The predicted molar refractivity (Wildman–Crippen MR) is 110 cm³/mol. The van der Waals surface area contributed by atoms with Crippen molar-refractivity contribution >= 4 is 21.8 Å². The monoisotopic (exact) mass is 416 g/mol. The third-order valence-corrected chi connectivity index (χ3v) is 8.14. The van der Waals surface area contributed by atoms with Crippen LogP contribution in [0.25, 0.3) is 0 Å². The van der Waals surface area contributed by atoms with Crippen LogP contribution in [0.15, 0.2) is 33.6 Å². The summed E-state index contributed by atoms with van der Waals surface area (Å²) in [5.41, 5.74) is 0.663. The highest BCUT2D eigenvalue weighted by Gasteiger charge is 2.38. The number of hydrogen-bond acceptors (Lipinski definition) is 5. The number of sulfonamides is 1. The maximum atomic E-state index is 13.2. The van der Waals surface area contributed by atoms with Crippen LogP contribution in [0.3, 0.4) is 0 Å². The predicted octanol–water partition coefficient (Wildman–Crippen LogP) is 1.54. The van der Waals surface area contributed by atoms with Crippen LogP contribution >= 0.6 is 0 Å². The molecule has 156 valence electrons. The first-order valence-corrected chi connectivity index (χ1v) is 12.2. The number of hydrogen-bond donors (Lipinski definition) is 0. The highest BCUT2D eigenvalue weighted by Crippen LogP contribution is 2.31. The minimum absolute atomic E-state index is 0.0840. The molecule has 4 aliphatic heterocycles. The second-order valence-corrected chi connectivity index (χ2v) is 10.2. The van der Waals surface area contributed by atoms with Gasteiger partial charge in [0, 0.05) is 37.8 Å². The maximum Gasteiger partial charge on any atom is 0.285 e. The van der Waals surface area contributed by atoms with E-state index in [0.717, 1.165) is 52.0 Å². The Balaban J connectivity index is 1.29. The van der Waals surface area contributed by atoms with E-state index < -0.39 is 10.0 Å². The van der Waals surface area contributed by atoms with Crippen LogP contribution < -0.4 is 0 Å². The molecule has 3 saturated heterocycles. The lowest BCUT2D eigenvalue weighted by atomic mass is 9.96. The molecule has 7 nitrogen and oxygen atoms in total. The summed E-state index contributed by atoms with van der Waals surface area (Å²) in [5.74, 6) is 0.653. The van der Waals surface area contributed by atoms with Crippen molar-refractivity contribution < 1.29 is 13.2 Å². The molecule has 8 heteroatoms. The van der Waals surface area contributed by atoms with Crippen molar-refractivity contribution in [1.29, 1.82) is 0 Å². The Morgan fingerprint density at radius 2 is 1.76 bits per heavy atom. The van der Waals surface area contributed by atoms with Crippen molar-refractivity contribution in [2.24, 2.45) is 10.3 Å². The fourth-order valence-corrected chi connectivity index (χ4v) is 6.52. The van der Waals surface area contributed by atoms with Crippen molar-refractivity contribution in [1.82, 2.24) is 14.7 Å². The highest BCUT2D eigenvalue weighted by molar-refractivity contribution is 7.90. The molecule has 0 aromatic heterocycles. The molecule has 5 rings (SSSR count). The first kappa shape index (κ1) is 19.1. The van der Waals surface area contributed by atoms with E-state index in [4.69, 9.17) is 0 Å². The Bertz CT molecular complexity index is 939. The van der Waals surface area contributed by atoms with Gasteiger partial charge in [-0.2, -0.15) is 8.42 Å². The Labute approximate surface area is 172 Å². The number of amidine groups is 1. The van der Waals surface area contributed by atoms with E-state index in [1.807, 2.05) is 21.9 Å². The van der Waals surface area contributed by atoms with E-state index in [0.29, 0.717) is 24.0 Å². The molecule has 29 heavy (non-hydrogen) atoms. The molecule has 3 fully saturated rings. The average Bonchev–Trinajstić information content (AvgIpc) is 3.47. The topological polar surface area (TPSA) is 73.3 Å². The molecule has 0 bridgehead atoms. The van der Waals surface area contributed by atoms with E-state index in [9.17, 15) is 13.2 Å². The summed E-state index contributed by atoms with van der Waals surface area (Å²) < 4.78 is 28.8. The molecule has 0 spiro atoms. The number of carbonyl (C=O) groups excluding carboxylic acids is 1. The molecule has 2 unspecified atom stereocenters. The van der Waals surface area contributed by atoms with Crippen molar-refractivity contribution in [3.8, 4) is 0 Å². The van der Waals surface area contributed by atoms with Crippen LogP contribution in [-0.2, 0) is 14.8 Å². The summed E-state index contributed by atoms with van der Waals surface area (Å²) in [4.78, 5) is 20.1. The average molecular weight is 417 g/mol. The largest absolute Gasteiger partial charge is 0.355 e. The lowest BCUT2D eigenvalue weighted by Gasteiger charge is -2.35. The normalized spacial score (nSPS) is 29.2. The molecular weight excluding hydrogens is 388 g/mol. The molecule has 0 N–H and O–H groups in total. The summed E-state index contributed by atoms with van der Waals surface area (Å²) in [6, 6.07) is 7.49. The van der Waals surface area contributed by atoms with Crippen LogP contribution in [0.5, 0.6) is 0 Å². The van der Waals surface area contributed by atoms with Gasteiger partial charge >= 0.3 is 0 Å². The second-order valence-electron chi connectivity index (χ2n) is 8.64. The number of benzene rings is 1. The Hall–Kier alpha value is -1.93. The first-order valence-electron chi connectivity index (χ1n) is 10.7. The molecule has 0 aliphatic carbocycles. The van der Waals surface area contributed by atoms with Crippen LogP contribution in [0, 0.1) is 5.92 Å². The van der Waals surface area contributed by atoms with E-state index in [1.54, 1.807) is 12.1 Å². The zero-order valence-corrected chi connectivity index (χ0v) is 17.5. The third kappa shape index (κ3) is 3.46. The second kappa shape index (κ2) is 7.40. The standard InChI is InChI=1S/C21H28N4O3S/c26-21(25-13-9-17(15-25)23-10-3-4-11-23)16-6-5-12-24(14-16)20-18-7-1-2-8-19(18)29(27,28)22-20/h1-2,7-8,16-17H,3-6,9-15H2. The Morgan fingerprint density at radius 1 is 0.966 bits per heavy atom. The number of piperidine rings is 1. The van der Waals surface area contributed by atoms with Crippen molar-refractivity contribution in [3.63, 3.8) is 0 Å². The molecular formula is C21H28N4O3S. The number of nitrogens with zero attached hydrogens (tertiary/aromatic N) is 4. The number of rotatable bonds is 2. The van der Waals surface area contributed by atoms with Crippen molar-refractivity contribution in [3.05, 3.63) is 29.8 Å². The van der Waals surface area contributed by atoms with Gasteiger partial charge in [-0.3, -0.25) is 9.69 Å². The lowest BCUT2D eigenvalue weighted by molar-refractivity contribution is -0.135. The van der Waals surface area contributed by atoms with Crippen LogP contribution in [0.1, 0.15) is 37.7 Å². The molecule has 0 saturated carbocycles. The Morgan fingerprint density at radius 3 is 2.59 bits per heavy atom. The van der Waals surface area contributed by atoms with Crippen LogP contribution in [0.2, 0.25) is 0 Å². The van der Waals surface area contributed by atoms with Gasteiger partial charge in [-0.15, -0.1) is 4.40 Å². The number of carbonyl (C=O) groups is 1. The van der Waals surface area contributed by atoms with E-state index in [1.165, 1.54) is 12.8 Å². The third-order valence-electron chi connectivity index (χ3n) is 6.81. The van der Waals surface area contributed by atoms with Crippen molar-refractivity contribution in [2.75, 3.05) is 39.3 Å². The zero-order valence-electron chi connectivity index (χ0n) is 16.7. The summed E-state index contributed by atoms with van der Waals surface area (Å²) in [7, 11) is -3.63. The lowest BCUT2D eigenvalue weighted by Crippen LogP contribution is -2.47. The minimum atomic E-state index is -3.63. The van der Waals surface area contributed by atoms with Gasteiger partial charge in [0.05, 0.1) is 5.92 Å². The molecule has 1 amide bonds. The quantitative estimate of drug-likeness (QED) is 0.731. The summed E-state index contributed by atoms with van der Waals surface area (Å²) in [5, 5.41) is 0. The van der Waals surface area contributed by atoms with Gasteiger partial charge in [0.15, 0.2) is 5.84 Å². The summed E-state index contributed by atoms with van der Waals surface area (Å²) in [6.07, 6.45) is 5.35. The zero-order chi connectivity index (χ0) is 20.0. The van der Waals surface area contributed by atoms with Gasteiger partial charge in [0.25, 0.3) is 10.0 Å². The Kier molecular flexibility index (Phi) is 4.86. The molecule has 0 radical (unpaired) electrons. The number of fused-ring (bicyclic) bond motifs is 1. The number of likely N-dealkylation sites (tertiary alicyclic amines) is 3. The van der Waals surface area contributed by atoms with Gasteiger partial charge in [-0.05, 0) is 57.3 Å². The van der Waals surface area contributed by atoms with Crippen LogP contribution in [0.4, 0.5) is 0 Å². The van der Waals surface area contributed by atoms with Crippen molar-refractivity contribution in [2.45, 2.75) is 43.0 Å². The van der Waals surface area contributed by atoms with Gasteiger partial charge in [0.1, 0.15) is 4.90 Å². The van der Waals surface area contributed by atoms with Gasteiger partial charge in [-0.1, -0.05) is 12.1 Å². The number of amides is 1. The van der Waals surface area contributed by atoms with E-state index in [-0.39, 0.29) is 16.7 Å². The molecule has 2 atom stereocenters. The minimum Gasteiger partial charge on any atom is -0.355 e. The summed E-state index contributed by atoms with van der Waals surface area (Å²) >= 11 is 0. The molecule has 1 aromatic carbocycles. The maximum absolute atomic E-state index is 13.2. The SMILES string of the molecule is O=C(C1CCCN(C2=NS(=O)(=O)c3ccccc32)C1)N1CCC(N2CCCC2)C1. The molecule has 4 heterocycles. The van der Waals surface area contributed by atoms with Gasteiger partial charge in [-0.25, -0.2) is 0 Å². The van der Waals surface area contributed by atoms with E-state index >= 15 is 0 Å². The fraction of sp³-hybridized carbons (Fsp3) is 0.619. The summed E-state index contributed by atoms with van der Waals surface area (Å²) in [6.45, 7) is 5.30. The first-order chi connectivity index (χ1) is 14.0. The fourth-order valence-electron chi connectivity index (χ4n) is 5.29. The molecule has 1 aromatic rings. The smallest absolute Gasteiger partial charge is 0.285 e. The van der Waals surface area contributed by atoms with Gasteiger partial charge < -0.3 is 9.80 Å². The van der Waals surface area contributed by atoms with E-state index in [2.05, 4.69) is 9.30 Å². The highest BCUT2D eigenvalue weighted by atomic mass is 32.2. The molecule has 4 aliphatic rings.